The number of alkyl halides is 3. The minimum Gasteiger partial charge on any atom is -0.466 e. The molecule has 0 radical (unpaired) electrons. The Hall–Kier alpha value is 0.318. The first kappa shape index (κ1) is 15.3. The number of hydrogen-bond acceptors (Lipinski definition) is 2. The first-order valence-electron chi connectivity index (χ1n) is 4.72. The Labute approximate surface area is 96.6 Å². The fourth-order valence-electron chi connectivity index (χ4n) is 0.921. The van der Waals surface area contributed by atoms with Gasteiger partial charge in [-0.1, -0.05) is 5.70 Å². The molecule has 9 heteroatoms. The van der Waals surface area contributed by atoms with Gasteiger partial charge < -0.3 is 8.23 Å². The van der Waals surface area contributed by atoms with Gasteiger partial charge in [0, 0.05) is 6.42 Å². The molecule has 0 aliphatic heterocycles. The van der Waals surface area contributed by atoms with E-state index in [0.29, 0.717) is 10.5 Å². The topological polar surface area (TPSA) is 18.5 Å². The lowest BCUT2D eigenvalue weighted by Crippen LogP contribution is -2.32. The second-order valence-electron chi connectivity index (χ2n) is 3.29. The Bertz CT molecular complexity index is 190. The number of rotatable bonds is 7. The molecular formula is C6H17F3O2Si4. The molecule has 0 N–H and O–H groups in total. The zero-order valence-electron chi connectivity index (χ0n) is 9.01. The van der Waals surface area contributed by atoms with Crippen LogP contribution in [0.5, 0.6) is 0 Å². The van der Waals surface area contributed by atoms with E-state index in [9.17, 15) is 13.2 Å². The maximum absolute atomic E-state index is 12.0. The van der Waals surface area contributed by atoms with Crippen molar-refractivity contribution >= 4 is 37.4 Å². The summed E-state index contributed by atoms with van der Waals surface area (Å²) in [6.45, 7) is 5.59. The van der Waals surface area contributed by atoms with Gasteiger partial charge in [-0.15, -0.1) is 6.58 Å². The fraction of sp³-hybridized carbons (Fsp3) is 0.667. The van der Waals surface area contributed by atoms with Crippen molar-refractivity contribution in [3.63, 3.8) is 0 Å². The first-order chi connectivity index (χ1) is 6.89. The monoisotopic (exact) mass is 290 g/mol. The van der Waals surface area contributed by atoms with Crippen molar-refractivity contribution in [3.05, 3.63) is 12.3 Å². The molecular weight excluding hydrogens is 273 g/mol. The molecule has 2 nitrogen and oxygen atoms in total. The van der Waals surface area contributed by atoms with Crippen molar-refractivity contribution in [3.8, 4) is 0 Å². The van der Waals surface area contributed by atoms with Crippen LogP contribution in [0.4, 0.5) is 13.2 Å². The predicted molar refractivity (Wildman–Crippen MR) is 66.5 cm³/mol. The van der Waals surface area contributed by atoms with E-state index < -0.39 is 39.5 Å². The number of hydrogen-bond donors (Lipinski definition) is 0. The van der Waals surface area contributed by atoms with Crippen molar-refractivity contribution < 1.29 is 21.4 Å². The molecule has 0 aromatic heterocycles. The van der Waals surface area contributed by atoms with Crippen LogP contribution in [-0.4, -0.2) is 43.5 Å². The molecule has 0 heterocycles. The summed E-state index contributed by atoms with van der Waals surface area (Å²) in [7, 11) is -3.28. The highest BCUT2D eigenvalue weighted by molar-refractivity contribution is 7.08. The molecule has 0 aliphatic rings. The van der Waals surface area contributed by atoms with Crippen molar-refractivity contribution in [1.82, 2.24) is 0 Å². The van der Waals surface area contributed by atoms with Crippen molar-refractivity contribution in [2.45, 2.75) is 25.2 Å². The van der Waals surface area contributed by atoms with Crippen LogP contribution in [0.25, 0.3) is 0 Å². The molecule has 0 fully saturated rings. The molecule has 0 amide bonds. The molecule has 0 saturated carbocycles. The minimum atomic E-state index is -4.05. The highest BCUT2D eigenvalue weighted by Gasteiger charge is 2.29. The standard InChI is InChI=1S/C6H17F3O2Si4/c1-3-14(2)11-13-15(10-12)5-4-6(7,8)9/h3,14-15H,1,4-5,13H2,2,12H3. The summed E-state index contributed by atoms with van der Waals surface area (Å²) < 4.78 is 46.7. The van der Waals surface area contributed by atoms with E-state index in [4.69, 9.17) is 8.23 Å². The average Bonchev–Trinajstić information content (AvgIpc) is 2.16. The third-order valence-corrected chi connectivity index (χ3v) is 16.5. The van der Waals surface area contributed by atoms with Crippen LogP contribution in [-0.2, 0) is 8.23 Å². The van der Waals surface area contributed by atoms with E-state index >= 15 is 0 Å². The molecule has 0 aromatic rings. The molecule has 0 aliphatic carbocycles. The van der Waals surface area contributed by atoms with Crippen LogP contribution in [0.1, 0.15) is 6.42 Å². The average molecular weight is 291 g/mol. The molecule has 2 unspecified atom stereocenters. The largest absolute Gasteiger partial charge is 0.466 e. The number of halogens is 3. The van der Waals surface area contributed by atoms with Gasteiger partial charge in [-0.3, -0.25) is 0 Å². The Morgan fingerprint density at radius 3 is 2.53 bits per heavy atom. The maximum atomic E-state index is 12.0. The van der Waals surface area contributed by atoms with Crippen molar-refractivity contribution in [2.75, 3.05) is 0 Å². The van der Waals surface area contributed by atoms with Crippen LogP contribution < -0.4 is 0 Å². The lowest BCUT2D eigenvalue weighted by atomic mass is 10.5. The molecule has 0 spiro atoms. The predicted octanol–water partition coefficient (Wildman–Crippen LogP) is -0.365. The van der Waals surface area contributed by atoms with Crippen LogP contribution in [0.3, 0.4) is 0 Å². The summed E-state index contributed by atoms with van der Waals surface area (Å²) in [5.74, 6) is 0. The van der Waals surface area contributed by atoms with Gasteiger partial charge >= 0.3 is 6.18 Å². The summed E-state index contributed by atoms with van der Waals surface area (Å²) in [5, 5.41) is 0. The van der Waals surface area contributed by atoms with Gasteiger partial charge in [0.15, 0.2) is 26.9 Å². The van der Waals surface area contributed by atoms with E-state index in [-0.39, 0.29) is 6.04 Å². The second-order valence-corrected chi connectivity index (χ2v) is 14.3. The second kappa shape index (κ2) is 7.57. The Morgan fingerprint density at radius 2 is 2.13 bits per heavy atom. The van der Waals surface area contributed by atoms with Crippen molar-refractivity contribution in [2.24, 2.45) is 0 Å². The van der Waals surface area contributed by atoms with Gasteiger partial charge in [-0.05, 0) is 12.6 Å². The van der Waals surface area contributed by atoms with Crippen LogP contribution in [0, 0.1) is 0 Å². The maximum Gasteiger partial charge on any atom is 0.388 e. The van der Waals surface area contributed by atoms with Gasteiger partial charge in [0.25, 0.3) is 0 Å². The lowest BCUT2D eigenvalue weighted by Gasteiger charge is -2.16. The van der Waals surface area contributed by atoms with Crippen molar-refractivity contribution in [1.29, 1.82) is 0 Å². The van der Waals surface area contributed by atoms with Gasteiger partial charge in [0.2, 0.25) is 0 Å². The Balaban J connectivity index is 3.78. The van der Waals surface area contributed by atoms with Gasteiger partial charge in [0.05, 0.1) is 0 Å². The molecule has 0 saturated heterocycles. The molecule has 0 rings (SSSR count). The SMILES string of the molecule is C=C[SiH](C)O[SiH2][SiH](CCC(F)(F)F)O[SiH3]. The molecule has 0 bridgehead atoms. The normalized spacial score (nSPS) is 17.1. The van der Waals surface area contributed by atoms with Gasteiger partial charge in [-0.25, -0.2) is 0 Å². The van der Waals surface area contributed by atoms with E-state index in [1.807, 2.05) is 6.55 Å². The molecule has 2 atom stereocenters. The summed E-state index contributed by atoms with van der Waals surface area (Å²) in [5.41, 5.74) is 1.79. The Kier molecular flexibility index (Phi) is 7.73. The van der Waals surface area contributed by atoms with Crippen LogP contribution in [0.2, 0.25) is 12.6 Å². The first-order valence-corrected chi connectivity index (χ1v) is 13.0. The highest BCUT2D eigenvalue weighted by atomic mass is 29.2. The summed E-state index contributed by atoms with van der Waals surface area (Å²) in [6, 6.07) is 0.178. The quantitative estimate of drug-likeness (QED) is 0.596. The van der Waals surface area contributed by atoms with E-state index in [2.05, 4.69) is 6.58 Å². The molecule has 0 aromatic carbocycles. The smallest absolute Gasteiger partial charge is 0.388 e. The van der Waals surface area contributed by atoms with E-state index in [1.165, 1.54) is 0 Å². The Morgan fingerprint density at radius 1 is 1.53 bits per heavy atom. The fourth-order valence-corrected chi connectivity index (χ4v) is 12.8. The van der Waals surface area contributed by atoms with Crippen LogP contribution in [0.15, 0.2) is 12.3 Å². The third kappa shape index (κ3) is 9.26. The van der Waals surface area contributed by atoms with Gasteiger partial charge in [-0.2, -0.15) is 13.2 Å². The summed E-state index contributed by atoms with van der Waals surface area (Å²) in [6.07, 6.45) is -4.77. The molecule has 90 valence electrons. The van der Waals surface area contributed by atoms with Crippen LogP contribution >= 0.6 is 0 Å². The van der Waals surface area contributed by atoms with E-state index in [0.717, 1.165) is 0 Å². The third-order valence-electron chi connectivity index (χ3n) is 1.96. The lowest BCUT2D eigenvalue weighted by molar-refractivity contribution is -0.130. The van der Waals surface area contributed by atoms with E-state index in [1.54, 1.807) is 5.70 Å². The molecule has 15 heavy (non-hydrogen) atoms. The zero-order valence-corrected chi connectivity index (χ0v) is 14.7. The zero-order chi connectivity index (χ0) is 11.9. The highest BCUT2D eigenvalue weighted by Crippen LogP contribution is 2.22. The summed E-state index contributed by atoms with van der Waals surface area (Å²) in [4.78, 5) is 0. The van der Waals surface area contributed by atoms with Gasteiger partial charge in [0.1, 0.15) is 10.5 Å². The minimum absolute atomic E-state index is 0.178. The summed E-state index contributed by atoms with van der Waals surface area (Å²) >= 11 is 0.